The summed E-state index contributed by atoms with van der Waals surface area (Å²) in [6.45, 7) is 12.0. The number of rotatable bonds is 5. The molecule has 0 radical (unpaired) electrons. The number of nitrogens with zero attached hydrogens (tertiary/aromatic N) is 1. The second-order valence-electron chi connectivity index (χ2n) is 7.29. The van der Waals surface area contributed by atoms with Crippen LogP contribution < -0.4 is 0 Å². The lowest BCUT2D eigenvalue weighted by Crippen LogP contribution is -2.37. The number of carbonyl (C=O) groups excluding carboxylic acids is 1. The van der Waals surface area contributed by atoms with Gasteiger partial charge in [-0.2, -0.15) is 0 Å². The van der Waals surface area contributed by atoms with Crippen LogP contribution in [-0.2, 0) is 4.79 Å². The summed E-state index contributed by atoms with van der Waals surface area (Å²) in [6.07, 6.45) is 9.60. The molecule has 0 fully saturated rings. The Balaban J connectivity index is 2.72. The van der Waals surface area contributed by atoms with Gasteiger partial charge in [-0.15, -0.1) is 0 Å². The van der Waals surface area contributed by atoms with Crippen LogP contribution in [0.25, 0.3) is 0 Å². The highest BCUT2D eigenvalue weighted by atomic mass is 16.2. The lowest BCUT2D eigenvalue weighted by atomic mass is 9.76. The molecule has 0 aromatic rings. The van der Waals surface area contributed by atoms with Crippen LogP contribution in [-0.4, -0.2) is 24.4 Å². The van der Waals surface area contributed by atoms with Crippen LogP contribution in [0, 0.1) is 17.3 Å². The van der Waals surface area contributed by atoms with Crippen molar-refractivity contribution < 1.29 is 4.79 Å². The molecule has 0 heterocycles. The molecular weight excluding hydrogens is 246 g/mol. The SMILES string of the molecule is CCCCN(C)C(=O)C1C=CC=C(CC(C)(C)C)C1C. The molecule has 1 amide bonds. The van der Waals surface area contributed by atoms with Crippen molar-refractivity contribution >= 4 is 5.91 Å². The van der Waals surface area contributed by atoms with Crippen LogP contribution in [0.3, 0.4) is 0 Å². The zero-order valence-electron chi connectivity index (χ0n) is 14.1. The van der Waals surface area contributed by atoms with E-state index in [0.717, 1.165) is 25.8 Å². The van der Waals surface area contributed by atoms with Gasteiger partial charge in [0.2, 0.25) is 5.91 Å². The van der Waals surface area contributed by atoms with E-state index in [-0.39, 0.29) is 17.2 Å². The Hall–Kier alpha value is -1.05. The van der Waals surface area contributed by atoms with Crippen LogP contribution in [0.1, 0.15) is 53.9 Å². The van der Waals surface area contributed by atoms with E-state index in [0.29, 0.717) is 5.92 Å². The zero-order chi connectivity index (χ0) is 15.3. The van der Waals surface area contributed by atoms with Gasteiger partial charge in [-0.25, -0.2) is 0 Å². The molecule has 1 rings (SSSR count). The summed E-state index contributed by atoms with van der Waals surface area (Å²) in [4.78, 5) is 14.5. The number of amides is 1. The largest absolute Gasteiger partial charge is 0.345 e. The Kier molecular flexibility index (Phi) is 6.04. The molecule has 0 N–H and O–H groups in total. The molecule has 0 aromatic carbocycles. The van der Waals surface area contributed by atoms with Gasteiger partial charge in [0, 0.05) is 13.6 Å². The first-order valence-corrected chi connectivity index (χ1v) is 7.88. The van der Waals surface area contributed by atoms with E-state index in [2.05, 4.69) is 52.8 Å². The third-order valence-electron chi connectivity index (χ3n) is 4.00. The van der Waals surface area contributed by atoms with E-state index in [1.54, 1.807) is 0 Å². The fourth-order valence-corrected chi connectivity index (χ4v) is 2.74. The zero-order valence-corrected chi connectivity index (χ0v) is 14.1. The van der Waals surface area contributed by atoms with Crippen molar-refractivity contribution in [1.29, 1.82) is 0 Å². The van der Waals surface area contributed by atoms with Crippen molar-refractivity contribution in [2.75, 3.05) is 13.6 Å². The summed E-state index contributed by atoms with van der Waals surface area (Å²) in [5.74, 6) is 0.594. The van der Waals surface area contributed by atoms with Gasteiger partial charge < -0.3 is 4.90 Å². The normalized spacial score (nSPS) is 22.6. The van der Waals surface area contributed by atoms with Gasteiger partial charge >= 0.3 is 0 Å². The number of unbranched alkanes of at least 4 members (excludes halogenated alkanes) is 1. The standard InChI is InChI=1S/C18H31NO/c1-7-8-12-19(6)17(20)16-11-9-10-15(14(16)2)13-18(3,4)5/h9-11,14,16H,7-8,12-13H2,1-6H3. The van der Waals surface area contributed by atoms with Crippen molar-refractivity contribution in [3.05, 3.63) is 23.8 Å². The fourth-order valence-electron chi connectivity index (χ4n) is 2.74. The second kappa shape index (κ2) is 7.10. The lowest BCUT2D eigenvalue weighted by Gasteiger charge is -2.32. The maximum absolute atomic E-state index is 12.6. The quantitative estimate of drug-likeness (QED) is 0.728. The van der Waals surface area contributed by atoms with E-state index in [1.807, 2.05) is 11.9 Å². The third-order valence-corrected chi connectivity index (χ3v) is 4.00. The Morgan fingerprint density at radius 3 is 2.55 bits per heavy atom. The number of hydrogen-bond donors (Lipinski definition) is 0. The van der Waals surface area contributed by atoms with Gasteiger partial charge in [0.1, 0.15) is 0 Å². The maximum Gasteiger partial charge on any atom is 0.229 e. The van der Waals surface area contributed by atoms with Crippen molar-refractivity contribution in [3.8, 4) is 0 Å². The maximum atomic E-state index is 12.6. The number of allylic oxidation sites excluding steroid dienone is 3. The van der Waals surface area contributed by atoms with Gasteiger partial charge in [-0.1, -0.05) is 64.8 Å². The van der Waals surface area contributed by atoms with Gasteiger partial charge in [0.05, 0.1) is 5.92 Å². The molecular formula is C18H31NO. The van der Waals surface area contributed by atoms with Gasteiger partial charge in [0.25, 0.3) is 0 Å². The number of carbonyl (C=O) groups is 1. The minimum absolute atomic E-state index is 0.0132. The summed E-state index contributed by atoms with van der Waals surface area (Å²) in [6, 6.07) is 0. The number of hydrogen-bond acceptors (Lipinski definition) is 1. The Labute approximate surface area is 124 Å². The highest BCUT2D eigenvalue weighted by molar-refractivity contribution is 5.81. The van der Waals surface area contributed by atoms with Gasteiger partial charge in [-0.3, -0.25) is 4.79 Å². The summed E-state index contributed by atoms with van der Waals surface area (Å²) >= 11 is 0. The van der Waals surface area contributed by atoms with Crippen molar-refractivity contribution in [3.63, 3.8) is 0 Å². The van der Waals surface area contributed by atoms with Crippen LogP contribution in [0.4, 0.5) is 0 Å². The predicted molar refractivity (Wildman–Crippen MR) is 86.5 cm³/mol. The predicted octanol–water partition coefficient (Wildman–Crippen LogP) is 4.43. The van der Waals surface area contributed by atoms with Crippen LogP contribution in [0.15, 0.2) is 23.8 Å². The Bertz CT molecular complexity index is 387. The Morgan fingerprint density at radius 1 is 1.35 bits per heavy atom. The first-order valence-electron chi connectivity index (χ1n) is 7.88. The first kappa shape index (κ1) is 17.0. The van der Waals surface area contributed by atoms with Crippen LogP contribution in [0.5, 0.6) is 0 Å². The molecule has 20 heavy (non-hydrogen) atoms. The molecule has 0 saturated carbocycles. The molecule has 114 valence electrons. The molecule has 1 aliphatic carbocycles. The van der Waals surface area contributed by atoms with E-state index in [1.165, 1.54) is 5.57 Å². The van der Waals surface area contributed by atoms with Crippen molar-refractivity contribution in [1.82, 2.24) is 4.90 Å². The van der Waals surface area contributed by atoms with E-state index >= 15 is 0 Å². The molecule has 2 nitrogen and oxygen atoms in total. The van der Waals surface area contributed by atoms with Crippen LogP contribution in [0.2, 0.25) is 0 Å². The summed E-state index contributed by atoms with van der Waals surface area (Å²) < 4.78 is 0. The molecule has 1 aliphatic rings. The highest BCUT2D eigenvalue weighted by Gasteiger charge is 2.30. The minimum Gasteiger partial charge on any atom is -0.345 e. The lowest BCUT2D eigenvalue weighted by molar-refractivity contribution is -0.133. The molecule has 0 bridgehead atoms. The van der Waals surface area contributed by atoms with Crippen molar-refractivity contribution in [2.24, 2.45) is 17.3 Å². The van der Waals surface area contributed by atoms with Gasteiger partial charge in [-0.05, 0) is 24.2 Å². The first-order chi connectivity index (χ1) is 9.26. The Morgan fingerprint density at radius 2 is 2.00 bits per heavy atom. The molecule has 2 unspecified atom stereocenters. The molecule has 2 heteroatoms. The molecule has 0 saturated heterocycles. The molecule has 0 spiro atoms. The van der Waals surface area contributed by atoms with Crippen molar-refractivity contribution in [2.45, 2.75) is 53.9 Å². The van der Waals surface area contributed by atoms with E-state index in [4.69, 9.17) is 0 Å². The average Bonchev–Trinajstić information content (AvgIpc) is 2.36. The summed E-state index contributed by atoms with van der Waals surface area (Å²) in [7, 11) is 1.93. The smallest absolute Gasteiger partial charge is 0.229 e. The van der Waals surface area contributed by atoms with Crippen LogP contribution >= 0.6 is 0 Å². The average molecular weight is 277 g/mol. The third kappa shape index (κ3) is 4.81. The fraction of sp³-hybridized carbons (Fsp3) is 0.722. The topological polar surface area (TPSA) is 20.3 Å². The van der Waals surface area contributed by atoms with E-state index < -0.39 is 0 Å². The highest BCUT2D eigenvalue weighted by Crippen LogP contribution is 2.35. The molecule has 0 aromatic heterocycles. The summed E-state index contributed by atoms with van der Waals surface area (Å²) in [5, 5.41) is 0. The van der Waals surface area contributed by atoms with E-state index in [9.17, 15) is 4.79 Å². The monoisotopic (exact) mass is 277 g/mol. The molecule has 0 aliphatic heterocycles. The minimum atomic E-state index is 0.0132. The second-order valence-corrected chi connectivity index (χ2v) is 7.29. The van der Waals surface area contributed by atoms with Gasteiger partial charge in [0.15, 0.2) is 0 Å². The summed E-state index contributed by atoms with van der Waals surface area (Å²) in [5.41, 5.74) is 1.68. The molecule has 2 atom stereocenters.